The number of aromatic nitrogens is 1. The van der Waals surface area contributed by atoms with Gasteiger partial charge < -0.3 is 4.90 Å². The van der Waals surface area contributed by atoms with Crippen LogP contribution in [0.4, 0.5) is 5.82 Å². The Hall–Kier alpha value is -2.70. The highest BCUT2D eigenvalue weighted by molar-refractivity contribution is 8.26. The third kappa shape index (κ3) is 4.30. The summed E-state index contributed by atoms with van der Waals surface area (Å²) in [5.74, 6) is 1.67. The summed E-state index contributed by atoms with van der Waals surface area (Å²) in [4.78, 5) is 23.0. The number of thiocarbonyl (C=S) groups is 1. The number of thioether (sulfide) groups is 1. The normalized spacial score (nSPS) is 18.8. The topological polar surface area (TPSA) is 36.4 Å². The number of benzene rings is 2. The van der Waals surface area contributed by atoms with E-state index in [9.17, 15) is 4.79 Å². The first-order valence-corrected chi connectivity index (χ1v) is 12.2. The fraction of sp³-hybridized carbons (Fsp3) is 0.269. The van der Waals surface area contributed by atoms with Crippen molar-refractivity contribution in [2.24, 2.45) is 5.92 Å². The van der Waals surface area contributed by atoms with Gasteiger partial charge in [-0.15, -0.1) is 0 Å². The molecule has 3 heterocycles. The molecule has 2 aromatic carbocycles. The van der Waals surface area contributed by atoms with Gasteiger partial charge in [0.2, 0.25) is 0 Å². The number of carbonyl (C=O) groups excluding carboxylic acids is 1. The largest absolute Gasteiger partial charge is 0.356 e. The fourth-order valence-corrected chi connectivity index (χ4v) is 5.49. The molecule has 0 atom stereocenters. The number of hydrogen-bond donors (Lipinski definition) is 0. The van der Waals surface area contributed by atoms with Crippen molar-refractivity contribution < 1.29 is 4.79 Å². The minimum absolute atomic E-state index is 0.0322. The SMILES string of the molecule is CC1CCN(c2nc3ccccc3cc2/C=C2\SC(=S)N(Cc3ccccc3)C2=O)CC1. The summed E-state index contributed by atoms with van der Waals surface area (Å²) in [5, 5.41) is 1.08. The number of fused-ring (bicyclic) bond motifs is 1. The molecule has 5 rings (SSSR count). The first-order valence-electron chi connectivity index (χ1n) is 11.0. The van der Waals surface area contributed by atoms with Gasteiger partial charge in [0.25, 0.3) is 5.91 Å². The van der Waals surface area contributed by atoms with Gasteiger partial charge in [0.05, 0.1) is 17.0 Å². The van der Waals surface area contributed by atoms with Gasteiger partial charge >= 0.3 is 0 Å². The number of hydrogen-bond acceptors (Lipinski definition) is 5. The van der Waals surface area contributed by atoms with Crippen LogP contribution in [0.3, 0.4) is 0 Å². The molecule has 0 spiro atoms. The lowest BCUT2D eigenvalue weighted by Crippen LogP contribution is -2.34. The van der Waals surface area contributed by atoms with Gasteiger partial charge in [-0.05, 0) is 42.5 Å². The lowest BCUT2D eigenvalue weighted by Gasteiger charge is -2.32. The zero-order chi connectivity index (χ0) is 22.1. The Morgan fingerprint density at radius 1 is 1.09 bits per heavy atom. The Morgan fingerprint density at radius 3 is 2.59 bits per heavy atom. The zero-order valence-electron chi connectivity index (χ0n) is 18.0. The van der Waals surface area contributed by atoms with Crippen LogP contribution in [0.5, 0.6) is 0 Å². The minimum Gasteiger partial charge on any atom is -0.356 e. The van der Waals surface area contributed by atoms with Crippen LogP contribution in [0.2, 0.25) is 0 Å². The molecule has 32 heavy (non-hydrogen) atoms. The number of rotatable bonds is 4. The van der Waals surface area contributed by atoms with Crippen LogP contribution in [0.25, 0.3) is 17.0 Å². The Bertz CT molecular complexity index is 1200. The molecule has 0 radical (unpaired) electrons. The van der Waals surface area contributed by atoms with E-state index < -0.39 is 0 Å². The second-order valence-corrected chi connectivity index (χ2v) is 10.2. The van der Waals surface area contributed by atoms with E-state index in [1.54, 1.807) is 4.90 Å². The van der Waals surface area contributed by atoms with Crippen molar-refractivity contribution in [3.8, 4) is 0 Å². The van der Waals surface area contributed by atoms with E-state index in [0.29, 0.717) is 15.8 Å². The van der Waals surface area contributed by atoms with E-state index in [1.165, 1.54) is 11.8 Å². The molecule has 162 valence electrons. The number of anilines is 1. The van der Waals surface area contributed by atoms with Crippen molar-refractivity contribution in [2.75, 3.05) is 18.0 Å². The molecule has 2 aliphatic heterocycles. The molecule has 4 nitrogen and oxygen atoms in total. The summed E-state index contributed by atoms with van der Waals surface area (Å²) >= 11 is 6.94. The minimum atomic E-state index is -0.0322. The second-order valence-electron chi connectivity index (χ2n) is 8.52. The highest BCUT2D eigenvalue weighted by Gasteiger charge is 2.32. The third-order valence-corrected chi connectivity index (χ3v) is 7.54. The molecule has 0 saturated carbocycles. The Balaban J connectivity index is 1.50. The van der Waals surface area contributed by atoms with Crippen molar-refractivity contribution in [3.63, 3.8) is 0 Å². The highest BCUT2D eigenvalue weighted by Crippen LogP contribution is 2.36. The molecule has 3 aromatic rings. The zero-order valence-corrected chi connectivity index (χ0v) is 19.7. The molecule has 0 bridgehead atoms. The lowest BCUT2D eigenvalue weighted by atomic mass is 9.98. The maximum absolute atomic E-state index is 13.2. The maximum Gasteiger partial charge on any atom is 0.266 e. The van der Waals surface area contributed by atoms with Crippen molar-refractivity contribution in [1.82, 2.24) is 9.88 Å². The Morgan fingerprint density at radius 2 is 1.81 bits per heavy atom. The fourth-order valence-electron chi connectivity index (χ4n) is 4.25. The van der Waals surface area contributed by atoms with Crippen molar-refractivity contribution in [3.05, 3.63) is 76.7 Å². The molecule has 6 heteroatoms. The summed E-state index contributed by atoms with van der Waals surface area (Å²) in [5.41, 5.74) is 3.04. The van der Waals surface area contributed by atoms with E-state index in [1.807, 2.05) is 48.5 Å². The molecule has 0 N–H and O–H groups in total. The van der Waals surface area contributed by atoms with Crippen LogP contribution in [0, 0.1) is 5.92 Å². The number of amides is 1. The van der Waals surface area contributed by atoms with E-state index in [2.05, 4.69) is 30.0 Å². The molecular formula is C26H25N3OS2. The molecule has 2 fully saturated rings. The van der Waals surface area contributed by atoms with Crippen molar-refractivity contribution in [1.29, 1.82) is 0 Å². The van der Waals surface area contributed by atoms with Gasteiger partial charge in [0, 0.05) is 24.0 Å². The molecular weight excluding hydrogens is 434 g/mol. The summed E-state index contributed by atoms with van der Waals surface area (Å²) in [6.07, 6.45) is 4.30. The molecule has 2 saturated heterocycles. The molecule has 1 aromatic heterocycles. The van der Waals surface area contributed by atoms with E-state index in [4.69, 9.17) is 17.2 Å². The van der Waals surface area contributed by atoms with Crippen LogP contribution in [0.15, 0.2) is 65.6 Å². The van der Waals surface area contributed by atoms with Gasteiger partial charge in [-0.1, -0.05) is 79.4 Å². The van der Waals surface area contributed by atoms with E-state index >= 15 is 0 Å². The molecule has 2 aliphatic rings. The number of carbonyl (C=O) groups is 1. The molecule has 0 aliphatic carbocycles. The van der Waals surface area contributed by atoms with Crippen molar-refractivity contribution >= 4 is 57.0 Å². The smallest absolute Gasteiger partial charge is 0.266 e. The van der Waals surface area contributed by atoms with Crippen LogP contribution in [-0.2, 0) is 11.3 Å². The highest BCUT2D eigenvalue weighted by atomic mass is 32.2. The van der Waals surface area contributed by atoms with Crippen LogP contribution < -0.4 is 4.90 Å². The summed E-state index contributed by atoms with van der Waals surface area (Å²) in [6, 6.07) is 20.3. The predicted octanol–water partition coefficient (Wildman–Crippen LogP) is 5.87. The van der Waals surface area contributed by atoms with Gasteiger partial charge in [-0.3, -0.25) is 9.69 Å². The summed E-state index contributed by atoms with van der Waals surface area (Å²) < 4.78 is 0.604. The van der Waals surface area contributed by atoms with Crippen molar-refractivity contribution in [2.45, 2.75) is 26.3 Å². The van der Waals surface area contributed by atoms with Gasteiger partial charge in [-0.25, -0.2) is 4.98 Å². The van der Waals surface area contributed by atoms with Gasteiger partial charge in [-0.2, -0.15) is 0 Å². The predicted molar refractivity (Wildman–Crippen MR) is 138 cm³/mol. The Labute approximate surface area is 198 Å². The number of nitrogens with zero attached hydrogens (tertiary/aromatic N) is 3. The quantitative estimate of drug-likeness (QED) is 0.360. The third-order valence-electron chi connectivity index (χ3n) is 6.16. The average molecular weight is 460 g/mol. The lowest BCUT2D eigenvalue weighted by molar-refractivity contribution is -0.122. The first kappa shape index (κ1) is 21.2. The van der Waals surface area contributed by atoms with Crippen LogP contribution in [0.1, 0.15) is 30.9 Å². The van der Waals surface area contributed by atoms with Crippen LogP contribution in [-0.4, -0.2) is 33.2 Å². The monoisotopic (exact) mass is 459 g/mol. The standard InChI is InChI=1S/C26H25N3OS2/c1-18-11-13-28(14-12-18)24-21(15-20-9-5-6-10-22(20)27-24)16-23-25(30)29(26(31)32-23)17-19-7-3-2-4-8-19/h2-10,15-16,18H,11-14,17H2,1H3/b23-16-. The van der Waals surface area contributed by atoms with E-state index in [-0.39, 0.29) is 5.91 Å². The molecule has 1 amide bonds. The number of para-hydroxylation sites is 1. The van der Waals surface area contributed by atoms with E-state index in [0.717, 1.165) is 59.7 Å². The number of piperidine rings is 1. The summed E-state index contributed by atoms with van der Waals surface area (Å²) in [6.45, 7) is 4.78. The van der Waals surface area contributed by atoms with Gasteiger partial charge in [0.15, 0.2) is 0 Å². The van der Waals surface area contributed by atoms with Crippen LogP contribution >= 0.6 is 24.0 Å². The first-order chi connectivity index (χ1) is 15.6. The average Bonchev–Trinajstić information content (AvgIpc) is 3.07. The second kappa shape index (κ2) is 9.04. The number of pyridine rings is 1. The Kier molecular flexibility index (Phi) is 5.98. The van der Waals surface area contributed by atoms with Gasteiger partial charge in [0.1, 0.15) is 10.1 Å². The molecule has 0 unspecified atom stereocenters. The summed E-state index contributed by atoms with van der Waals surface area (Å²) in [7, 11) is 0. The maximum atomic E-state index is 13.2.